The van der Waals surface area contributed by atoms with Gasteiger partial charge in [-0.25, -0.2) is 0 Å². The molecule has 0 bridgehead atoms. The topological polar surface area (TPSA) is 122 Å². The van der Waals surface area contributed by atoms with Crippen LogP contribution in [-0.4, -0.2) is 52.3 Å². The van der Waals surface area contributed by atoms with Crippen molar-refractivity contribution in [3.63, 3.8) is 0 Å². The smallest absolute Gasteiger partial charge is 0.207 e. The first-order valence-corrected chi connectivity index (χ1v) is 8.63. The highest BCUT2D eigenvalue weighted by Crippen LogP contribution is 1.85. The summed E-state index contributed by atoms with van der Waals surface area (Å²) in [6, 6.07) is 0. The predicted octanol–water partition coefficient (Wildman–Crippen LogP) is 0.142. The molecule has 0 heterocycles. The molecule has 0 aliphatic carbocycles. The van der Waals surface area contributed by atoms with Crippen LogP contribution in [0.4, 0.5) is 0 Å². The minimum atomic E-state index is 0.224. The summed E-state index contributed by atoms with van der Waals surface area (Å²) < 4.78 is 0. The highest BCUT2D eigenvalue weighted by molar-refractivity contribution is 7.80. The summed E-state index contributed by atoms with van der Waals surface area (Å²) in [5.74, 6) is 0. The van der Waals surface area contributed by atoms with Crippen molar-refractivity contribution in [2.75, 3.05) is 14.1 Å². The molecular formula is C13H24N10S3. The standard InChI is InChI=1S/C13H24N10S3/c1-7(16-20-11(24)14-5)9(3)18-22-13(26)23-19-10(4)8(2)17-21-12(25)15-6/h1-6H3,(H2,14,20,24)(H2,15,21,25)(H2,22,23,26)/b16-7-,17-8-,18-9-,19-10-. The Balaban J connectivity index is 4.60. The summed E-state index contributed by atoms with van der Waals surface area (Å²) in [5.41, 5.74) is 13.2. The second-order valence-corrected chi connectivity index (χ2v) is 5.95. The molecule has 0 amide bonds. The van der Waals surface area contributed by atoms with Gasteiger partial charge in [0.2, 0.25) is 5.11 Å². The Morgan fingerprint density at radius 2 is 0.731 bits per heavy atom. The maximum Gasteiger partial charge on any atom is 0.207 e. The molecule has 0 radical (unpaired) electrons. The maximum absolute atomic E-state index is 5.10. The first kappa shape index (κ1) is 23.8. The van der Waals surface area contributed by atoms with Crippen LogP contribution in [0.2, 0.25) is 0 Å². The van der Waals surface area contributed by atoms with Crippen molar-refractivity contribution in [1.82, 2.24) is 32.3 Å². The van der Waals surface area contributed by atoms with E-state index in [4.69, 9.17) is 36.7 Å². The Bertz CT molecular complexity index is 597. The van der Waals surface area contributed by atoms with E-state index in [1.807, 2.05) is 0 Å². The molecule has 0 saturated carbocycles. The largest absolute Gasteiger partial charge is 0.364 e. The van der Waals surface area contributed by atoms with E-state index in [9.17, 15) is 0 Å². The monoisotopic (exact) mass is 416 g/mol. The van der Waals surface area contributed by atoms with Crippen molar-refractivity contribution < 1.29 is 0 Å². The summed E-state index contributed by atoms with van der Waals surface area (Å²) in [5, 5.41) is 22.9. The van der Waals surface area contributed by atoms with Gasteiger partial charge >= 0.3 is 0 Å². The molecule has 0 aliphatic rings. The SMILES string of the molecule is CNC(=S)N/N=C(C)\C(C)=N/NC(=S)N/N=C(C)\C(C)=N/NC(=S)NC. The van der Waals surface area contributed by atoms with Crippen LogP contribution in [0.5, 0.6) is 0 Å². The average Bonchev–Trinajstić information content (AvgIpc) is 2.65. The number of hydrogen-bond acceptors (Lipinski definition) is 7. The van der Waals surface area contributed by atoms with E-state index in [2.05, 4.69) is 52.7 Å². The number of rotatable bonds is 6. The number of hydrazone groups is 4. The molecule has 0 fully saturated rings. The lowest BCUT2D eigenvalue weighted by molar-refractivity contribution is 0.925. The second-order valence-electron chi connectivity index (χ2n) is 4.72. The highest BCUT2D eigenvalue weighted by atomic mass is 32.1. The van der Waals surface area contributed by atoms with Gasteiger partial charge in [-0.3, -0.25) is 21.7 Å². The Labute approximate surface area is 169 Å². The van der Waals surface area contributed by atoms with Gasteiger partial charge in [-0.15, -0.1) is 0 Å². The van der Waals surface area contributed by atoms with Gasteiger partial charge in [0, 0.05) is 14.1 Å². The first-order chi connectivity index (χ1) is 12.2. The van der Waals surface area contributed by atoms with Gasteiger partial charge in [0.1, 0.15) is 0 Å². The molecule has 144 valence electrons. The summed E-state index contributed by atoms with van der Waals surface area (Å²) >= 11 is 15.0. The van der Waals surface area contributed by atoms with Crippen LogP contribution in [0.15, 0.2) is 20.4 Å². The molecule has 6 N–H and O–H groups in total. The van der Waals surface area contributed by atoms with Gasteiger partial charge in [0.15, 0.2) is 10.2 Å². The molecule has 26 heavy (non-hydrogen) atoms. The zero-order valence-electron chi connectivity index (χ0n) is 15.5. The molecular weight excluding hydrogens is 392 g/mol. The molecule has 0 rings (SSSR count). The third kappa shape index (κ3) is 10.6. The van der Waals surface area contributed by atoms with Crippen LogP contribution in [0.3, 0.4) is 0 Å². The minimum Gasteiger partial charge on any atom is -0.364 e. The van der Waals surface area contributed by atoms with Gasteiger partial charge in [0.25, 0.3) is 0 Å². The van der Waals surface area contributed by atoms with E-state index in [0.29, 0.717) is 33.1 Å². The van der Waals surface area contributed by atoms with Gasteiger partial charge in [0.05, 0.1) is 22.8 Å². The molecule has 0 aromatic heterocycles. The van der Waals surface area contributed by atoms with Crippen molar-refractivity contribution in [3.05, 3.63) is 0 Å². The van der Waals surface area contributed by atoms with Crippen LogP contribution in [-0.2, 0) is 0 Å². The molecule has 0 atom stereocenters. The van der Waals surface area contributed by atoms with E-state index < -0.39 is 0 Å². The molecule has 0 aromatic rings. The lowest BCUT2D eigenvalue weighted by Crippen LogP contribution is -2.32. The zero-order chi connectivity index (χ0) is 20.1. The maximum atomic E-state index is 5.10. The van der Waals surface area contributed by atoms with Crippen molar-refractivity contribution in [3.8, 4) is 0 Å². The van der Waals surface area contributed by atoms with E-state index in [0.717, 1.165) is 0 Å². The van der Waals surface area contributed by atoms with Gasteiger partial charge < -0.3 is 10.6 Å². The van der Waals surface area contributed by atoms with E-state index >= 15 is 0 Å². The molecule has 10 nitrogen and oxygen atoms in total. The van der Waals surface area contributed by atoms with Crippen molar-refractivity contribution >= 4 is 74.8 Å². The molecule has 0 spiro atoms. The molecule has 0 saturated heterocycles. The Morgan fingerprint density at radius 1 is 0.500 bits per heavy atom. The van der Waals surface area contributed by atoms with Crippen LogP contribution in [0, 0.1) is 0 Å². The van der Waals surface area contributed by atoms with Crippen LogP contribution in [0.1, 0.15) is 27.7 Å². The Kier molecular flexibility index (Phi) is 11.9. The normalized spacial score (nSPS) is 12.8. The second kappa shape index (κ2) is 13.0. The third-order valence-electron chi connectivity index (χ3n) is 2.80. The fraction of sp³-hybridized carbons (Fsp3) is 0.462. The summed E-state index contributed by atoms with van der Waals surface area (Å²) in [6.07, 6.45) is 0. The van der Waals surface area contributed by atoms with Crippen LogP contribution >= 0.6 is 36.7 Å². The lowest BCUT2D eigenvalue weighted by Gasteiger charge is -2.07. The average molecular weight is 417 g/mol. The fourth-order valence-corrected chi connectivity index (χ4v) is 1.18. The summed E-state index contributed by atoms with van der Waals surface area (Å²) in [6.45, 7) is 7.13. The van der Waals surface area contributed by atoms with E-state index in [-0.39, 0.29) is 5.11 Å². The Morgan fingerprint density at radius 3 is 0.962 bits per heavy atom. The third-order valence-corrected chi connectivity index (χ3v) is 3.58. The van der Waals surface area contributed by atoms with E-state index in [1.165, 1.54) is 0 Å². The number of hydrogen-bond donors (Lipinski definition) is 6. The molecule has 13 heteroatoms. The van der Waals surface area contributed by atoms with Gasteiger partial charge in [-0.2, -0.15) is 20.4 Å². The number of nitrogens with one attached hydrogen (secondary N) is 6. The zero-order valence-corrected chi connectivity index (χ0v) is 18.0. The van der Waals surface area contributed by atoms with Crippen molar-refractivity contribution in [2.24, 2.45) is 20.4 Å². The highest BCUT2D eigenvalue weighted by Gasteiger charge is 2.01. The predicted molar refractivity (Wildman–Crippen MR) is 121 cm³/mol. The first-order valence-electron chi connectivity index (χ1n) is 7.40. The fourth-order valence-electron chi connectivity index (χ4n) is 0.999. The lowest BCUT2D eigenvalue weighted by atomic mass is 10.3. The van der Waals surface area contributed by atoms with Gasteiger partial charge in [-0.1, -0.05) is 0 Å². The summed E-state index contributed by atoms with van der Waals surface area (Å²) in [7, 11) is 3.40. The quantitative estimate of drug-likeness (QED) is 0.204. The summed E-state index contributed by atoms with van der Waals surface area (Å²) in [4.78, 5) is 0. The van der Waals surface area contributed by atoms with Crippen molar-refractivity contribution in [2.45, 2.75) is 27.7 Å². The van der Waals surface area contributed by atoms with Crippen LogP contribution in [0.25, 0.3) is 0 Å². The van der Waals surface area contributed by atoms with E-state index in [1.54, 1.807) is 41.8 Å². The molecule has 0 unspecified atom stereocenters. The van der Waals surface area contributed by atoms with Crippen LogP contribution < -0.4 is 32.3 Å². The molecule has 0 aliphatic heterocycles. The molecule has 0 aromatic carbocycles. The van der Waals surface area contributed by atoms with Crippen molar-refractivity contribution in [1.29, 1.82) is 0 Å². The Hall–Kier alpha value is -2.25. The minimum absolute atomic E-state index is 0.224. The number of thiocarbonyl (C=S) groups is 3. The van der Waals surface area contributed by atoms with Gasteiger partial charge in [-0.05, 0) is 64.3 Å². The number of nitrogens with zero attached hydrogens (tertiary/aromatic N) is 4.